The number of rotatable bonds is 6. The summed E-state index contributed by atoms with van der Waals surface area (Å²) in [6.45, 7) is 2.18. The summed E-state index contributed by atoms with van der Waals surface area (Å²) in [7, 11) is 3.31. The Morgan fingerprint density at radius 1 is 1.43 bits per heavy atom. The van der Waals surface area contributed by atoms with Crippen molar-refractivity contribution >= 4 is 11.9 Å². The molecule has 0 aliphatic rings. The van der Waals surface area contributed by atoms with Gasteiger partial charge in [0.2, 0.25) is 5.88 Å². The first-order valence-electron chi connectivity index (χ1n) is 7.04. The Balaban J connectivity index is 2.16. The fourth-order valence-corrected chi connectivity index (χ4v) is 2.27. The van der Waals surface area contributed by atoms with Crippen LogP contribution >= 0.6 is 0 Å². The third-order valence-corrected chi connectivity index (χ3v) is 3.36. The molecule has 0 fully saturated rings. The van der Waals surface area contributed by atoms with E-state index in [0.29, 0.717) is 12.3 Å². The predicted octanol–water partition coefficient (Wildman–Crippen LogP) is 1.01. The summed E-state index contributed by atoms with van der Waals surface area (Å²) < 4.78 is 6.92. The van der Waals surface area contributed by atoms with Crippen molar-refractivity contribution in [2.75, 3.05) is 7.11 Å². The lowest BCUT2D eigenvalue weighted by molar-refractivity contribution is 0.0696. The smallest absolute Gasteiger partial charge is 0.335 e. The van der Waals surface area contributed by atoms with E-state index in [1.807, 2.05) is 6.92 Å². The van der Waals surface area contributed by atoms with Crippen molar-refractivity contribution in [1.82, 2.24) is 20.1 Å². The molecule has 0 spiro atoms. The minimum absolute atomic E-state index is 0.0124. The molecule has 8 heteroatoms. The molecule has 1 amide bonds. The van der Waals surface area contributed by atoms with Crippen LogP contribution in [0.1, 0.15) is 39.0 Å². The molecule has 122 valence electrons. The van der Waals surface area contributed by atoms with Gasteiger partial charge in [0.05, 0.1) is 30.5 Å². The fraction of sp³-hybridized carbons (Fsp3) is 0.333. The maximum absolute atomic E-state index is 12.2. The topological polar surface area (TPSA) is 106 Å². The summed E-state index contributed by atoms with van der Waals surface area (Å²) in [5.41, 5.74) is 1.68. The lowest BCUT2D eigenvalue weighted by atomic mass is 10.2. The van der Waals surface area contributed by atoms with Gasteiger partial charge in [-0.05, 0) is 18.6 Å². The number of aryl methyl sites for hydroxylation is 2. The second kappa shape index (κ2) is 6.91. The van der Waals surface area contributed by atoms with Crippen molar-refractivity contribution in [3.63, 3.8) is 0 Å². The Kier molecular flexibility index (Phi) is 4.95. The van der Waals surface area contributed by atoms with E-state index >= 15 is 0 Å². The molecule has 2 N–H and O–H groups in total. The number of hydrogen-bond acceptors (Lipinski definition) is 5. The molecule has 2 aromatic rings. The molecule has 0 aliphatic carbocycles. The minimum Gasteiger partial charge on any atom is -0.481 e. The van der Waals surface area contributed by atoms with Gasteiger partial charge in [-0.3, -0.25) is 9.78 Å². The number of hydrogen-bond donors (Lipinski definition) is 2. The molecule has 8 nitrogen and oxygen atoms in total. The van der Waals surface area contributed by atoms with Crippen LogP contribution in [-0.4, -0.2) is 38.9 Å². The van der Waals surface area contributed by atoms with E-state index in [9.17, 15) is 9.59 Å². The third kappa shape index (κ3) is 3.47. The van der Waals surface area contributed by atoms with Gasteiger partial charge in [0, 0.05) is 13.2 Å². The van der Waals surface area contributed by atoms with Crippen LogP contribution in [-0.2, 0) is 20.0 Å². The Morgan fingerprint density at radius 3 is 2.78 bits per heavy atom. The average molecular weight is 318 g/mol. The van der Waals surface area contributed by atoms with Crippen molar-refractivity contribution in [2.24, 2.45) is 7.05 Å². The highest BCUT2D eigenvalue weighted by Crippen LogP contribution is 2.21. The van der Waals surface area contributed by atoms with Crippen molar-refractivity contribution in [3.8, 4) is 5.88 Å². The normalized spacial score (nSPS) is 10.4. The van der Waals surface area contributed by atoms with Crippen LogP contribution in [0.5, 0.6) is 5.88 Å². The molecule has 0 saturated carbocycles. The van der Waals surface area contributed by atoms with Gasteiger partial charge in [-0.15, -0.1) is 0 Å². The quantitative estimate of drug-likeness (QED) is 0.823. The summed E-state index contributed by atoms with van der Waals surface area (Å²) in [6, 6.07) is 2.57. The molecule has 0 aromatic carbocycles. The van der Waals surface area contributed by atoms with Gasteiger partial charge in [-0.1, -0.05) is 6.92 Å². The Morgan fingerprint density at radius 2 is 2.17 bits per heavy atom. The molecule has 0 bridgehead atoms. The molecular weight excluding hydrogens is 300 g/mol. The largest absolute Gasteiger partial charge is 0.481 e. The first-order chi connectivity index (χ1) is 11.0. The zero-order chi connectivity index (χ0) is 17.0. The van der Waals surface area contributed by atoms with Gasteiger partial charge in [-0.2, -0.15) is 5.10 Å². The van der Waals surface area contributed by atoms with Crippen LogP contribution in [0.15, 0.2) is 18.3 Å². The highest BCUT2D eigenvalue weighted by atomic mass is 16.5. The molecule has 23 heavy (non-hydrogen) atoms. The van der Waals surface area contributed by atoms with Gasteiger partial charge >= 0.3 is 5.97 Å². The first kappa shape index (κ1) is 16.5. The number of aromatic nitrogens is 3. The maximum Gasteiger partial charge on any atom is 0.335 e. The van der Waals surface area contributed by atoms with E-state index in [0.717, 1.165) is 11.3 Å². The van der Waals surface area contributed by atoms with Gasteiger partial charge in [0.25, 0.3) is 5.91 Å². The second-order valence-electron chi connectivity index (χ2n) is 4.83. The van der Waals surface area contributed by atoms with E-state index in [1.54, 1.807) is 18.8 Å². The average Bonchev–Trinajstić information content (AvgIpc) is 2.87. The van der Waals surface area contributed by atoms with Crippen molar-refractivity contribution in [2.45, 2.75) is 19.9 Å². The van der Waals surface area contributed by atoms with Gasteiger partial charge in [-0.25, -0.2) is 9.48 Å². The highest BCUT2D eigenvalue weighted by Gasteiger charge is 2.17. The summed E-state index contributed by atoms with van der Waals surface area (Å²) in [4.78, 5) is 27.0. The Labute approximate surface area is 133 Å². The fourth-order valence-electron chi connectivity index (χ4n) is 2.27. The lowest BCUT2D eigenvalue weighted by Gasteiger charge is -2.07. The molecular formula is C15H18N4O4. The lowest BCUT2D eigenvalue weighted by Crippen LogP contribution is -2.24. The number of carboxylic acids is 1. The molecule has 0 saturated heterocycles. The van der Waals surface area contributed by atoms with Crippen molar-refractivity contribution in [1.29, 1.82) is 0 Å². The zero-order valence-electron chi connectivity index (χ0n) is 13.2. The monoisotopic (exact) mass is 318 g/mol. The number of nitrogens with one attached hydrogen (secondary N) is 1. The van der Waals surface area contributed by atoms with E-state index in [4.69, 9.17) is 9.84 Å². The highest BCUT2D eigenvalue weighted by molar-refractivity contribution is 5.95. The summed E-state index contributed by atoms with van der Waals surface area (Å²) >= 11 is 0. The van der Waals surface area contributed by atoms with Crippen LogP contribution < -0.4 is 10.1 Å². The van der Waals surface area contributed by atoms with E-state index < -0.39 is 11.9 Å². The number of nitrogens with zero attached hydrogens (tertiary/aromatic N) is 3. The van der Waals surface area contributed by atoms with Gasteiger partial charge in [0.1, 0.15) is 5.69 Å². The van der Waals surface area contributed by atoms with Crippen molar-refractivity contribution in [3.05, 3.63) is 40.8 Å². The number of carbonyl (C=O) groups excluding carboxylic acids is 1. The van der Waals surface area contributed by atoms with Crippen LogP contribution in [0, 0.1) is 0 Å². The molecule has 2 rings (SSSR count). The molecule has 0 atom stereocenters. The van der Waals surface area contributed by atoms with Gasteiger partial charge < -0.3 is 15.2 Å². The van der Waals surface area contributed by atoms with E-state index in [2.05, 4.69) is 15.4 Å². The number of aromatic carboxylic acids is 1. The first-order valence-corrected chi connectivity index (χ1v) is 7.04. The van der Waals surface area contributed by atoms with Gasteiger partial charge in [0.15, 0.2) is 0 Å². The predicted molar refractivity (Wildman–Crippen MR) is 81.5 cm³/mol. The Bertz CT molecular complexity index is 739. The standard InChI is InChI=1S/C15H18N4O4/c1-4-11-10(14(23-3)19(2)18-11)8-17-13(20)12-7-9(15(21)22)5-6-16-12/h5-7H,4,8H2,1-3H3,(H,17,20)(H,21,22). The van der Waals surface area contributed by atoms with Crippen molar-refractivity contribution < 1.29 is 19.4 Å². The number of ether oxygens (including phenoxy) is 1. The molecule has 2 heterocycles. The molecule has 0 aliphatic heterocycles. The summed E-state index contributed by atoms with van der Waals surface area (Å²) in [5.74, 6) is -0.987. The summed E-state index contributed by atoms with van der Waals surface area (Å²) in [6.07, 6.45) is 2.00. The number of carboxylic acid groups (broad SMARTS) is 1. The van der Waals surface area contributed by atoms with Crippen LogP contribution in [0.2, 0.25) is 0 Å². The number of amides is 1. The number of pyridine rings is 1. The van der Waals surface area contributed by atoms with E-state index in [1.165, 1.54) is 18.3 Å². The van der Waals surface area contributed by atoms with Crippen LogP contribution in [0.3, 0.4) is 0 Å². The second-order valence-corrected chi connectivity index (χ2v) is 4.83. The summed E-state index contributed by atoms with van der Waals surface area (Å²) in [5, 5.41) is 16.0. The molecule has 0 unspecified atom stereocenters. The Hall–Kier alpha value is -2.90. The van der Waals surface area contributed by atoms with E-state index in [-0.39, 0.29) is 17.8 Å². The van der Waals surface area contributed by atoms with Crippen LogP contribution in [0.25, 0.3) is 0 Å². The maximum atomic E-state index is 12.2. The SMILES string of the molecule is CCc1nn(C)c(OC)c1CNC(=O)c1cc(C(=O)O)ccn1. The number of methoxy groups -OCH3 is 1. The van der Waals surface area contributed by atoms with Crippen LogP contribution in [0.4, 0.5) is 0 Å². The minimum atomic E-state index is -1.11. The molecule has 0 radical (unpaired) electrons. The number of carbonyl (C=O) groups is 2. The third-order valence-electron chi connectivity index (χ3n) is 3.36. The molecule has 2 aromatic heterocycles. The zero-order valence-corrected chi connectivity index (χ0v) is 13.2.